The SMILES string of the molecule is CCCCCCCCCCCCC/C=C/CCC[N+](CC(=O)O)(CC(=O)O)CC(=O)O. The monoisotopic (exact) mass is 442 g/mol. The second-order valence-electron chi connectivity index (χ2n) is 8.66. The van der Waals surface area contributed by atoms with Gasteiger partial charge >= 0.3 is 17.9 Å². The zero-order chi connectivity index (χ0) is 23.4. The Morgan fingerprint density at radius 2 is 0.935 bits per heavy atom. The fraction of sp³-hybridized carbons (Fsp3) is 0.792. The third-order valence-electron chi connectivity index (χ3n) is 5.56. The van der Waals surface area contributed by atoms with Crippen LogP contribution in [0.1, 0.15) is 96.8 Å². The molecule has 31 heavy (non-hydrogen) atoms. The van der Waals surface area contributed by atoms with Crippen molar-refractivity contribution in [3.05, 3.63) is 12.2 Å². The molecule has 0 bridgehead atoms. The first kappa shape index (κ1) is 29.1. The van der Waals surface area contributed by atoms with Crippen molar-refractivity contribution in [2.45, 2.75) is 96.8 Å². The quantitative estimate of drug-likeness (QED) is 0.122. The van der Waals surface area contributed by atoms with Gasteiger partial charge in [-0.1, -0.05) is 83.3 Å². The molecule has 7 nitrogen and oxygen atoms in total. The fourth-order valence-electron chi connectivity index (χ4n) is 3.97. The van der Waals surface area contributed by atoms with Gasteiger partial charge in [0, 0.05) is 6.42 Å². The molecule has 0 aromatic carbocycles. The lowest BCUT2D eigenvalue weighted by Gasteiger charge is -2.34. The highest BCUT2D eigenvalue weighted by atomic mass is 16.4. The van der Waals surface area contributed by atoms with Crippen molar-refractivity contribution in [3.63, 3.8) is 0 Å². The van der Waals surface area contributed by atoms with Crippen LogP contribution in [0.4, 0.5) is 0 Å². The summed E-state index contributed by atoms with van der Waals surface area (Å²) in [6, 6.07) is 0. The molecule has 0 amide bonds. The maximum Gasteiger partial charge on any atom is 0.359 e. The van der Waals surface area contributed by atoms with Crippen LogP contribution in [0.5, 0.6) is 0 Å². The molecule has 180 valence electrons. The minimum Gasteiger partial charge on any atom is -0.477 e. The summed E-state index contributed by atoms with van der Waals surface area (Å²) in [4.78, 5) is 33.4. The Hall–Kier alpha value is -1.89. The third kappa shape index (κ3) is 18.6. The summed E-state index contributed by atoms with van der Waals surface area (Å²) < 4.78 is -0.466. The molecule has 0 saturated heterocycles. The Labute approximate surface area is 187 Å². The third-order valence-corrected chi connectivity index (χ3v) is 5.56. The first-order valence-electron chi connectivity index (χ1n) is 12.0. The van der Waals surface area contributed by atoms with Crippen molar-refractivity contribution < 1.29 is 34.2 Å². The molecule has 0 atom stereocenters. The van der Waals surface area contributed by atoms with Crippen molar-refractivity contribution >= 4 is 17.9 Å². The van der Waals surface area contributed by atoms with Gasteiger partial charge in [-0.15, -0.1) is 0 Å². The van der Waals surface area contributed by atoms with Crippen molar-refractivity contribution in [2.75, 3.05) is 26.2 Å². The average Bonchev–Trinajstić information content (AvgIpc) is 2.66. The topological polar surface area (TPSA) is 112 Å². The summed E-state index contributed by atoms with van der Waals surface area (Å²) in [5, 5.41) is 27.3. The summed E-state index contributed by atoms with van der Waals surface area (Å²) >= 11 is 0. The number of quaternary nitrogens is 1. The lowest BCUT2D eigenvalue weighted by atomic mass is 10.1. The number of carboxylic acid groups (broad SMARTS) is 3. The predicted octanol–water partition coefficient (Wildman–Crippen LogP) is 5.09. The van der Waals surface area contributed by atoms with Crippen LogP contribution < -0.4 is 0 Å². The molecule has 3 N–H and O–H groups in total. The van der Waals surface area contributed by atoms with E-state index < -0.39 is 42.0 Å². The molecule has 0 unspecified atom stereocenters. The van der Waals surface area contributed by atoms with E-state index in [0.29, 0.717) is 12.8 Å². The molecule has 0 aliphatic heterocycles. The molecule has 0 spiro atoms. The van der Waals surface area contributed by atoms with Crippen molar-refractivity contribution in [2.24, 2.45) is 0 Å². The van der Waals surface area contributed by atoms with Gasteiger partial charge in [0.25, 0.3) is 0 Å². The standard InChI is InChI=1S/C24H43NO6/c1-2-3-4-5-6-7-8-9-10-11-12-13-14-15-16-17-18-25(19-22(26)27,20-23(28)29)21-24(30)31/h14-15H,2-13,16-21H2,1H3,(H2-,26,27,28,29,30,31)/p+1/b15-14+. The maximum absolute atomic E-state index is 11.1. The summed E-state index contributed by atoms with van der Waals surface area (Å²) in [6.07, 6.45) is 20.9. The van der Waals surface area contributed by atoms with E-state index in [1.807, 2.05) is 6.08 Å². The van der Waals surface area contributed by atoms with E-state index in [4.69, 9.17) is 15.3 Å². The minimum atomic E-state index is -1.19. The smallest absolute Gasteiger partial charge is 0.359 e. The molecule has 0 saturated carbocycles. The van der Waals surface area contributed by atoms with E-state index in [2.05, 4.69) is 13.0 Å². The molecule has 0 rings (SSSR count). The molecule has 0 aromatic heterocycles. The van der Waals surface area contributed by atoms with Crippen LogP contribution in [0.3, 0.4) is 0 Å². The van der Waals surface area contributed by atoms with E-state index >= 15 is 0 Å². The maximum atomic E-state index is 11.1. The molecule has 0 fully saturated rings. The molecule has 7 heteroatoms. The van der Waals surface area contributed by atoms with Crippen LogP contribution in [0.25, 0.3) is 0 Å². The Bertz CT molecular complexity index is 491. The lowest BCUT2D eigenvalue weighted by Crippen LogP contribution is -2.57. The van der Waals surface area contributed by atoms with E-state index in [1.54, 1.807) is 0 Å². The number of aliphatic carboxylic acids is 3. The van der Waals surface area contributed by atoms with Gasteiger partial charge in [-0.05, 0) is 19.3 Å². The number of hydrogen-bond donors (Lipinski definition) is 3. The van der Waals surface area contributed by atoms with Crippen LogP contribution in [0.15, 0.2) is 12.2 Å². The second kappa shape index (κ2) is 18.8. The van der Waals surface area contributed by atoms with Gasteiger partial charge in [0.15, 0.2) is 19.6 Å². The van der Waals surface area contributed by atoms with Crippen LogP contribution in [-0.2, 0) is 14.4 Å². The highest BCUT2D eigenvalue weighted by Gasteiger charge is 2.35. The molecule has 0 radical (unpaired) electrons. The number of unbranched alkanes of at least 4 members (excludes halogenated alkanes) is 12. The Balaban J connectivity index is 3.95. The molecule has 0 heterocycles. The molecule has 0 aliphatic carbocycles. The van der Waals surface area contributed by atoms with Gasteiger partial charge in [-0.25, -0.2) is 14.4 Å². The van der Waals surface area contributed by atoms with Crippen molar-refractivity contribution in [1.82, 2.24) is 0 Å². The normalized spacial score (nSPS) is 11.8. The number of allylic oxidation sites excluding steroid dienone is 2. The van der Waals surface area contributed by atoms with E-state index in [1.165, 1.54) is 64.2 Å². The average molecular weight is 443 g/mol. The predicted molar refractivity (Wildman–Crippen MR) is 122 cm³/mol. The largest absolute Gasteiger partial charge is 0.477 e. The lowest BCUT2D eigenvalue weighted by molar-refractivity contribution is -0.907. The van der Waals surface area contributed by atoms with Gasteiger partial charge in [0.2, 0.25) is 0 Å². The highest BCUT2D eigenvalue weighted by Crippen LogP contribution is 2.13. The van der Waals surface area contributed by atoms with E-state index in [-0.39, 0.29) is 6.54 Å². The Kier molecular flexibility index (Phi) is 17.7. The van der Waals surface area contributed by atoms with Crippen molar-refractivity contribution in [3.8, 4) is 0 Å². The summed E-state index contributed by atoms with van der Waals surface area (Å²) in [5.41, 5.74) is 0. The minimum absolute atomic E-state index is 0.216. The van der Waals surface area contributed by atoms with Crippen LogP contribution in [-0.4, -0.2) is 63.9 Å². The van der Waals surface area contributed by atoms with E-state index in [9.17, 15) is 14.4 Å². The first-order valence-corrected chi connectivity index (χ1v) is 12.0. The highest BCUT2D eigenvalue weighted by molar-refractivity contribution is 5.73. The number of nitrogens with zero attached hydrogens (tertiary/aromatic N) is 1. The van der Waals surface area contributed by atoms with Gasteiger partial charge in [0.05, 0.1) is 6.54 Å². The van der Waals surface area contributed by atoms with Gasteiger partial charge in [0.1, 0.15) is 0 Å². The molecule has 0 aromatic rings. The first-order chi connectivity index (χ1) is 14.8. The summed E-state index contributed by atoms with van der Waals surface area (Å²) in [6.45, 7) is 0.961. The zero-order valence-electron chi connectivity index (χ0n) is 19.4. The number of rotatable bonds is 22. The zero-order valence-corrected chi connectivity index (χ0v) is 19.4. The van der Waals surface area contributed by atoms with Crippen LogP contribution in [0.2, 0.25) is 0 Å². The summed E-state index contributed by atoms with van der Waals surface area (Å²) in [7, 11) is 0. The van der Waals surface area contributed by atoms with Gasteiger partial charge in [-0.3, -0.25) is 4.48 Å². The van der Waals surface area contributed by atoms with Crippen LogP contribution in [0, 0.1) is 0 Å². The van der Waals surface area contributed by atoms with Gasteiger partial charge < -0.3 is 15.3 Å². The molecular formula is C24H44NO6+. The number of carbonyl (C=O) groups is 3. The summed E-state index contributed by atoms with van der Waals surface area (Å²) in [5.74, 6) is -3.56. The second-order valence-corrected chi connectivity index (χ2v) is 8.66. The fourth-order valence-corrected chi connectivity index (χ4v) is 3.97. The van der Waals surface area contributed by atoms with E-state index in [0.717, 1.165) is 12.8 Å². The van der Waals surface area contributed by atoms with Crippen molar-refractivity contribution in [1.29, 1.82) is 0 Å². The Morgan fingerprint density at radius 3 is 1.32 bits per heavy atom. The molecular weight excluding hydrogens is 398 g/mol. The van der Waals surface area contributed by atoms with Gasteiger partial charge in [-0.2, -0.15) is 0 Å². The van der Waals surface area contributed by atoms with Crippen LogP contribution >= 0.6 is 0 Å². The number of hydrogen-bond acceptors (Lipinski definition) is 3. The Morgan fingerprint density at radius 1 is 0.581 bits per heavy atom. The molecule has 0 aliphatic rings. The number of carboxylic acids is 3.